The van der Waals surface area contributed by atoms with E-state index in [9.17, 15) is 8.42 Å². The quantitative estimate of drug-likeness (QED) is 0.934. The van der Waals surface area contributed by atoms with Crippen molar-refractivity contribution in [3.8, 4) is 0 Å². The monoisotopic (exact) mass is 333 g/mol. The topological polar surface area (TPSA) is 64.0 Å². The Labute approximate surface area is 127 Å². The van der Waals surface area contributed by atoms with E-state index in [4.69, 9.17) is 23.2 Å². The van der Waals surface area contributed by atoms with Crippen LogP contribution in [0, 0.1) is 6.92 Å². The van der Waals surface area contributed by atoms with Gasteiger partial charge < -0.3 is 0 Å². The molecule has 1 aromatic carbocycles. The Balaban J connectivity index is 2.19. The molecule has 5 nitrogen and oxygen atoms in total. The van der Waals surface area contributed by atoms with Gasteiger partial charge in [-0.2, -0.15) is 5.10 Å². The largest absolute Gasteiger partial charge is 0.272 e. The zero-order chi connectivity index (χ0) is 14.9. The molecule has 20 heavy (non-hydrogen) atoms. The lowest BCUT2D eigenvalue weighted by atomic mass is 10.2. The molecule has 2 aromatic rings. The molecule has 0 aliphatic rings. The number of hydrogen-bond donors (Lipinski definition) is 1. The Kier molecular flexibility index (Phi) is 4.39. The van der Waals surface area contributed by atoms with E-state index in [1.54, 1.807) is 32.2 Å². The van der Waals surface area contributed by atoms with Gasteiger partial charge in [-0.05, 0) is 24.6 Å². The van der Waals surface area contributed by atoms with Crippen molar-refractivity contribution in [1.29, 1.82) is 0 Å². The molecule has 0 atom stereocenters. The molecular formula is C12H13Cl2N3O2S. The Morgan fingerprint density at radius 2 is 2.05 bits per heavy atom. The number of rotatable bonds is 4. The molecular weight excluding hydrogens is 321 g/mol. The second-order valence-corrected chi connectivity index (χ2v) is 6.86. The van der Waals surface area contributed by atoms with E-state index in [1.165, 1.54) is 10.9 Å². The molecule has 108 valence electrons. The number of aromatic nitrogens is 2. The van der Waals surface area contributed by atoms with Gasteiger partial charge in [0.15, 0.2) is 0 Å². The molecule has 0 aliphatic heterocycles. The highest BCUT2D eigenvalue weighted by molar-refractivity contribution is 7.89. The third-order valence-corrected chi connectivity index (χ3v) is 5.04. The second-order valence-electron chi connectivity index (χ2n) is 4.28. The smallest absolute Gasteiger partial charge is 0.244 e. The number of sulfonamides is 1. The third-order valence-electron chi connectivity index (χ3n) is 2.95. The molecule has 0 radical (unpaired) electrons. The van der Waals surface area contributed by atoms with Gasteiger partial charge in [0, 0.05) is 23.6 Å². The highest BCUT2D eigenvalue weighted by Crippen LogP contribution is 2.21. The molecule has 8 heteroatoms. The Morgan fingerprint density at radius 3 is 2.60 bits per heavy atom. The van der Waals surface area contributed by atoms with Crippen molar-refractivity contribution in [2.75, 3.05) is 0 Å². The predicted octanol–water partition coefficient (Wildman–Crippen LogP) is 2.51. The normalized spacial score (nSPS) is 11.8. The molecule has 0 fully saturated rings. The van der Waals surface area contributed by atoms with Crippen LogP contribution in [0.25, 0.3) is 0 Å². The average molecular weight is 334 g/mol. The number of nitrogens with one attached hydrogen (secondary N) is 1. The number of aryl methyl sites for hydroxylation is 1. The van der Waals surface area contributed by atoms with E-state index >= 15 is 0 Å². The number of hydrogen-bond acceptors (Lipinski definition) is 3. The summed E-state index contributed by atoms with van der Waals surface area (Å²) in [7, 11) is -1.94. The van der Waals surface area contributed by atoms with Crippen molar-refractivity contribution < 1.29 is 8.42 Å². The molecule has 0 unspecified atom stereocenters. The minimum atomic E-state index is -3.62. The first-order valence-electron chi connectivity index (χ1n) is 5.73. The third kappa shape index (κ3) is 3.15. The maximum absolute atomic E-state index is 12.2. The van der Waals surface area contributed by atoms with Crippen LogP contribution >= 0.6 is 23.2 Å². The van der Waals surface area contributed by atoms with Gasteiger partial charge in [-0.15, -0.1) is 0 Å². The summed E-state index contributed by atoms with van der Waals surface area (Å²) in [4.78, 5) is 0.157. The molecule has 0 saturated carbocycles. The summed E-state index contributed by atoms with van der Waals surface area (Å²) >= 11 is 11.8. The van der Waals surface area contributed by atoms with E-state index in [-0.39, 0.29) is 11.4 Å². The minimum absolute atomic E-state index is 0.0900. The molecule has 0 saturated heterocycles. The Morgan fingerprint density at radius 1 is 1.35 bits per heavy atom. The summed E-state index contributed by atoms with van der Waals surface area (Å²) < 4.78 is 28.4. The van der Waals surface area contributed by atoms with Crippen molar-refractivity contribution >= 4 is 33.2 Å². The van der Waals surface area contributed by atoms with Gasteiger partial charge >= 0.3 is 0 Å². The summed E-state index contributed by atoms with van der Waals surface area (Å²) in [5.41, 5.74) is 1.22. The van der Waals surface area contributed by atoms with Crippen LogP contribution in [0.3, 0.4) is 0 Å². The maximum Gasteiger partial charge on any atom is 0.244 e. The van der Waals surface area contributed by atoms with Gasteiger partial charge in [0.2, 0.25) is 10.0 Å². The number of benzene rings is 1. The van der Waals surface area contributed by atoms with Crippen LogP contribution in [0.4, 0.5) is 0 Å². The van der Waals surface area contributed by atoms with Crippen LogP contribution in [0.1, 0.15) is 11.3 Å². The molecule has 0 spiro atoms. The van der Waals surface area contributed by atoms with Crippen LogP contribution in [0.5, 0.6) is 0 Å². The van der Waals surface area contributed by atoms with E-state index in [0.717, 1.165) is 0 Å². The highest BCUT2D eigenvalue weighted by atomic mass is 35.5. The van der Waals surface area contributed by atoms with Crippen LogP contribution in [-0.2, 0) is 23.6 Å². The Bertz CT molecular complexity index is 741. The zero-order valence-corrected chi connectivity index (χ0v) is 13.2. The van der Waals surface area contributed by atoms with Crippen LogP contribution < -0.4 is 4.72 Å². The van der Waals surface area contributed by atoms with Crippen LogP contribution in [0.2, 0.25) is 10.0 Å². The van der Waals surface area contributed by atoms with E-state index in [0.29, 0.717) is 21.3 Å². The fraction of sp³-hybridized carbons (Fsp3) is 0.250. The standard InChI is InChI=1S/C12H13Cl2N3O2S/c1-8-12(7-15-17(8)2)20(18,19)16-6-9-3-4-10(13)5-11(9)14/h3-5,7,16H,6H2,1-2H3. The fourth-order valence-electron chi connectivity index (χ4n) is 1.66. The van der Waals surface area contributed by atoms with Crippen LogP contribution in [-0.4, -0.2) is 18.2 Å². The molecule has 1 N–H and O–H groups in total. The van der Waals surface area contributed by atoms with Crippen molar-refractivity contribution in [3.63, 3.8) is 0 Å². The molecule has 2 rings (SSSR count). The van der Waals surface area contributed by atoms with Gasteiger partial charge in [-0.3, -0.25) is 4.68 Å². The minimum Gasteiger partial charge on any atom is -0.272 e. The van der Waals surface area contributed by atoms with E-state index < -0.39 is 10.0 Å². The average Bonchev–Trinajstić information content (AvgIpc) is 2.69. The van der Waals surface area contributed by atoms with Crippen molar-refractivity contribution in [2.45, 2.75) is 18.4 Å². The molecule has 1 heterocycles. The number of nitrogens with zero attached hydrogens (tertiary/aromatic N) is 2. The van der Waals surface area contributed by atoms with Crippen LogP contribution in [0.15, 0.2) is 29.3 Å². The van der Waals surface area contributed by atoms with Crippen molar-refractivity contribution in [2.24, 2.45) is 7.05 Å². The second kappa shape index (κ2) is 5.73. The lowest BCUT2D eigenvalue weighted by Gasteiger charge is -2.08. The molecule has 0 bridgehead atoms. The summed E-state index contributed by atoms with van der Waals surface area (Å²) in [6.45, 7) is 1.78. The lowest BCUT2D eigenvalue weighted by molar-refractivity contribution is 0.580. The maximum atomic E-state index is 12.2. The predicted molar refractivity (Wildman–Crippen MR) is 78.4 cm³/mol. The first kappa shape index (κ1) is 15.3. The number of halogens is 2. The molecule has 0 aliphatic carbocycles. The van der Waals surface area contributed by atoms with Gasteiger partial charge in [0.25, 0.3) is 0 Å². The van der Waals surface area contributed by atoms with E-state index in [2.05, 4.69) is 9.82 Å². The first-order chi connectivity index (χ1) is 9.31. The highest BCUT2D eigenvalue weighted by Gasteiger charge is 2.19. The summed E-state index contributed by atoms with van der Waals surface area (Å²) in [5, 5.41) is 4.84. The summed E-state index contributed by atoms with van der Waals surface area (Å²) in [5.74, 6) is 0. The lowest BCUT2D eigenvalue weighted by Crippen LogP contribution is -2.23. The zero-order valence-electron chi connectivity index (χ0n) is 10.9. The summed E-state index contributed by atoms with van der Waals surface area (Å²) in [6.07, 6.45) is 1.32. The van der Waals surface area contributed by atoms with Crippen molar-refractivity contribution in [3.05, 3.63) is 45.7 Å². The van der Waals surface area contributed by atoms with Crippen molar-refractivity contribution in [1.82, 2.24) is 14.5 Å². The fourth-order valence-corrected chi connectivity index (χ4v) is 3.34. The van der Waals surface area contributed by atoms with Gasteiger partial charge in [-0.1, -0.05) is 29.3 Å². The first-order valence-corrected chi connectivity index (χ1v) is 7.97. The van der Waals surface area contributed by atoms with Gasteiger partial charge in [0.1, 0.15) is 4.90 Å². The Hall–Kier alpha value is -1.08. The van der Waals surface area contributed by atoms with Gasteiger partial charge in [-0.25, -0.2) is 13.1 Å². The summed E-state index contributed by atoms with van der Waals surface area (Å²) in [6, 6.07) is 4.91. The molecule has 0 amide bonds. The van der Waals surface area contributed by atoms with E-state index in [1.807, 2.05) is 0 Å². The SMILES string of the molecule is Cc1c(S(=O)(=O)NCc2ccc(Cl)cc2Cl)cnn1C. The molecule has 1 aromatic heterocycles. The van der Waals surface area contributed by atoms with Gasteiger partial charge in [0.05, 0.1) is 11.9 Å².